The second-order valence-corrected chi connectivity index (χ2v) is 7.47. The van der Waals surface area contributed by atoms with Crippen LogP contribution in [0, 0.1) is 3.57 Å². The van der Waals surface area contributed by atoms with E-state index in [1.807, 2.05) is 35.9 Å². The number of thioether (sulfide) groups is 1. The van der Waals surface area contributed by atoms with E-state index in [1.54, 1.807) is 0 Å². The van der Waals surface area contributed by atoms with E-state index in [4.69, 9.17) is 4.74 Å². The van der Waals surface area contributed by atoms with Crippen LogP contribution >= 0.6 is 34.4 Å². The SMILES string of the molecule is Cn1c(SCC(=O)Nc2ccc(I)cc2)nnc1N1CCOCC1. The van der Waals surface area contributed by atoms with Crippen LogP contribution < -0.4 is 10.2 Å². The van der Waals surface area contributed by atoms with Crippen molar-refractivity contribution < 1.29 is 9.53 Å². The minimum absolute atomic E-state index is 0.0582. The molecule has 2 heterocycles. The van der Waals surface area contributed by atoms with Crippen molar-refractivity contribution >= 4 is 51.9 Å². The summed E-state index contributed by atoms with van der Waals surface area (Å²) >= 11 is 3.61. The van der Waals surface area contributed by atoms with Crippen LogP contribution in [0.4, 0.5) is 11.6 Å². The summed E-state index contributed by atoms with van der Waals surface area (Å²) in [4.78, 5) is 14.2. The average molecular weight is 459 g/mol. The Kier molecular flexibility index (Phi) is 5.95. The highest BCUT2D eigenvalue weighted by Gasteiger charge is 2.19. The fourth-order valence-corrected chi connectivity index (χ4v) is 3.40. The van der Waals surface area contributed by atoms with Gasteiger partial charge in [-0.15, -0.1) is 10.2 Å². The molecule has 0 unspecified atom stereocenters. The van der Waals surface area contributed by atoms with E-state index in [9.17, 15) is 4.79 Å². The molecule has 9 heteroatoms. The average Bonchev–Trinajstić information content (AvgIpc) is 2.97. The Labute approximate surface area is 158 Å². The summed E-state index contributed by atoms with van der Waals surface area (Å²) in [5, 5.41) is 12.0. The van der Waals surface area contributed by atoms with Gasteiger partial charge in [0.15, 0.2) is 5.16 Å². The van der Waals surface area contributed by atoms with Crippen LogP contribution in [0.15, 0.2) is 29.4 Å². The first kappa shape index (κ1) is 17.5. The first-order valence-electron chi connectivity index (χ1n) is 7.54. The number of nitrogens with zero attached hydrogens (tertiary/aromatic N) is 4. The Morgan fingerprint density at radius 3 is 2.71 bits per heavy atom. The van der Waals surface area contributed by atoms with Crippen LogP contribution in [-0.2, 0) is 16.6 Å². The number of rotatable bonds is 5. The maximum Gasteiger partial charge on any atom is 0.234 e. The number of aromatic nitrogens is 3. The summed E-state index contributed by atoms with van der Waals surface area (Å²) < 4.78 is 8.41. The van der Waals surface area contributed by atoms with Gasteiger partial charge < -0.3 is 15.0 Å². The molecule has 128 valence electrons. The topological polar surface area (TPSA) is 72.3 Å². The van der Waals surface area contributed by atoms with E-state index >= 15 is 0 Å². The van der Waals surface area contributed by atoms with Crippen LogP contribution in [0.1, 0.15) is 0 Å². The molecule has 0 radical (unpaired) electrons. The van der Waals surface area contributed by atoms with E-state index in [0.29, 0.717) is 19.0 Å². The molecule has 0 saturated carbocycles. The normalized spacial score (nSPS) is 14.7. The molecule has 7 nitrogen and oxygen atoms in total. The number of anilines is 2. The van der Waals surface area contributed by atoms with Crippen molar-refractivity contribution in [2.45, 2.75) is 5.16 Å². The third-order valence-electron chi connectivity index (χ3n) is 3.57. The molecule has 1 fully saturated rings. The number of carbonyl (C=O) groups is 1. The third kappa shape index (κ3) is 4.39. The summed E-state index contributed by atoms with van der Waals surface area (Å²) in [6, 6.07) is 7.70. The van der Waals surface area contributed by atoms with Gasteiger partial charge in [0, 0.05) is 29.4 Å². The van der Waals surface area contributed by atoms with Gasteiger partial charge in [0.1, 0.15) is 0 Å². The zero-order valence-electron chi connectivity index (χ0n) is 13.2. The van der Waals surface area contributed by atoms with Gasteiger partial charge in [-0.25, -0.2) is 0 Å². The smallest absolute Gasteiger partial charge is 0.234 e. The number of amides is 1. The quantitative estimate of drug-likeness (QED) is 0.545. The van der Waals surface area contributed by atoms with Crippen molar-refractivity contribution in [2.24, 2.45) is 7.05 Å². The van der Waals surface area contributed by atoms with Gasteiger partial charge in [-0.1, -0.05) is 11.8 Å². The Balaban J connectivity index is 1.55. The van der Waals surface area contributed by atoms with Crippen LogP contribution in [0.3, 0.4) is 0 Å². The first-order valence-corrected chi connectivity index (χ1v) is 9.60. The number of nitrogens with one attached hydrogen (secondary N) is 1. The lowest BCUT2D eigenvalue weighted by Gasteiger charge is -2.27. The van der Waals surface area contributed by atoms with Crippen molar-refractivity contribution in [1.82, 2.24) is 14.8 Å². The Morgan fingerprint density at radius 2 is 2.00 bits per heavy atom. The fourth-order valence-electron chi connectivity index (χ4n) is 2.33. The van der Waals surface area contributed by atoms with Gasteiger partial charge in [-0.2, -0.15) is 0 Å². The minimum Gasteiger partial charge on any atom is -0.378 e. The highest BCUT2D eigenvalue weighted by atomic mass is 127. The number of ether oxygens (including phenoxy) is 1. The van der Waals surface area contributed by atoms with Crippen molar-refractivity contribution in [3.63, 3.8) is 0 Å². The summed E-state index contributed by atoms with van der Waals surface area (Å²) in [5.41, 5.74) is 0.799. The zero-order valence-corrected chi connectivity index (χ0v) is 16.2. The van der Waals surface area contributed by atoms with Gasteiger partial charge >= 0.3 is 0 Å². The molecule has 0 bridgehead atoms. The lowest BCUT2D eigenvalue weighted by molar-refractivity contribution is -0.113. The zero-order chi connectivity index (χ0) is 16.9. The Bertz CT molecular complexity index is 700. The highest BCUT2D eigenvalue weighted by molar-refractivity contribution is 14.1. The number of hydrogen-bond acceptors (Lipinski definition) is 6. The molecule has 1 aliphatic rings. The molecule has 3 rings (SSSR count). The molecule has 0 spiro atoms. The second kappa shape index (κ2) is 8.17. The van der Waals surface area contributed by atoms with Crippen LogP contribution in [0.2, 0.25) is 0 Å². The highest BCUT2D eigenvalue weighted by Crippen LogP contribution is 2.21. The van der Waals surface area contributed by atoms with Crippen molar-refractivity contribution in [3.8, 4) is 0 Å². The fraction of sp³-hybridized carbons (Fsp3) is 0.400. The van der Waals surface area contributed by atoms with Crippen molar-refractivity contribution in [3.05, 3.63) is 27.8 Å². The summed E-state index contributed by atoms with van der Waals surface area (Å²) in [5.74, 6) is 1.05. The standard InChI is InChI=1S/C15H18IN5O2S/c1-20-14(21-6-8-23-9-7-21)18-19-15(20)24-10-13(22)17-12-4-2-11(16)3-5-12/h2-5H,6-10H2,1H3,(H,17,22). The molecular weight excluding hydrogens is 441 g/mol. The van der Waals surface area contributed by atoms with E-state index in [0.717, 1.165) is 33.5 Å². The monoisotopic (exact) mass is 459 g/mol. The molecule has 0 atom stereocenters. The van der Waals surface area contributed by atoms with Gasteiger partial charge in [-0.05, 0) is 46.9 Å². The van der Waals surface area contributed by atoms with Gasteiger partial charge in [0.25, 0.3) is 0 Å². The molecule has 1 saturated heterocycles. The number of morpholine rings is 1. The van der Waals surface area contributed by atoms with E-state index in [2.05, 4.69) is 43.0 Å². The number of hydrogen-bond donors (Lipinski definition) is 1. The van der Waals surface area contributed by atoms with Gasteiger partial charge in [0.2, 0.25) is 11.9 Å². The summed E-state index contributed by atoms with van der Waals surface area (Å²) in [7, 11) is 1.92. The molecule has 1 aromatic heterocycles. The maximum absolute atomic E-state index is 12.1. The van der Waals surface area contributed by atoms with Crippen LogP contribution in [0.25, 0.3) is 0 Å². The summed E-state index contributed by atoms with van der Waals surface area (Å²) in [6.07, 6.45) is 0. The molecule has 1 aromatic carbocycles. The van der Waals surface area contributed by atoms with Crippen molar-refractivity contribution in [2.75, 3.05) is 42.3 Å². The molecule has 0 aliphatic carbocycles. The van der Waals surface area contributed by atoms with Gasteiger partial charge in [0.05, 0.1) is 19.0 Å². The minimum atomic E-state index is -0.0582. The van der Waals surface area contributed by atoms with E-state index in [-0.39, 0.29) is 5.91 Å². The number of benzene rings is 1. The predicted molar refractivity (Wildman–Crippen MR) is 103 cm³/mol. The Hall–Kier alpha value is -1.33. The Morgan fingerprint density at radius 1 is 1.29 bits per heavy atom. The lowest BCUT2D eigenvalue weighted by atomic mass is 10.3. The number of halogens is 1. The summed E-state index contributed by atoms with van der Waals surface area (Å²) in [6.45, 7) is 3.02. The van der Waals surface area contributed by atoms with Crippen LogP contribution in [-0.4, -0.2) is 52.7 Å². The molecule has 1 amide bonds. The molecular formula is C15H18IN5O2S. The second-order valence-electron chi connectivity index (χ2n) is 5.28. The van der Waals surface area contributed by atoms with E-state index in [1.165, 1.54) is 11.8 Å². The van der Waals surface area contributed by atoms with Crippen LogP contribution in [0.5, 0.6) is 0 Å². The molecule has 1 N–H and O–H groups in total. The van der Waals surface area contributed by atoms with E-state index < -0.39 is 0 Å². The lowest BCUT2D eigenvalue weighted by Crippen LogP contribution is -2.37. The third-order valence-corrected chi connectivity index (χ3v) is 5.31. The molecule has 24 heavy (non-hydrogen) atoms. The molecule has 1 aliphatic heterocycles. The molecule has 2 aromatic rings. The predicted octanol–water partition coefficient (Wildman–Crippen LogP) is 1.99. The number of carbonyl (C=O) groups excluding carboxylic acids is 1. The maximum atomic E-state index is 12.1. The van der Waals surface area contributed by atoms with Gasteiger partial charge in [-0.3, -0.25) is 9.36 Å². The largest absolute Gasteiger partial charge is 0.378 e. The first-order chi connectivity index (χ1) is 11.6. The van der Waals surface area contributed by atoms with Crippen molar-refractivity contribution in [1.29, 1.82) is 0 Å².